The molecule has 2 aliphatic carbocycles. The van der Waals surface area contributed by atoms with Gasteiger partial charge in [-0.15, -0.1) is 0 Å². The molecular formula is C14H19F2NO4. The minimum atomic E-state index is -2.79. The molecule has 118 valence electrons. The highest BCUT2D eigenvalue weighted by Crippen LogP contribution is 2.48. The molecule has 0 radical (unpaired) electrons. The topological polar surface area (TPSA) is 75.6 Å². The smallest absolute Gasteiger partial charge is 0.407 e. The Balaban J connectivity index is 2.06. The van der Waals surface area contributed by atoms with Gasteiger partial charge in [0.2, 0.25) is 5.92 Å². The molecule has 2 fully saturated rings. The van der Waals surface area contributed by atoms with Crippen molar-refractivity contribution in [3.8, 4) is 0 Å². The number of fused-ring (bicyclic) bond motifs is 2. The molecule has 7 heteroatoms. The van der Waals surface area contributed by atoms with Gasteiger partial charge in [0.15, 0.2) is 0 Å². The molecule has 0 aromatic carbocycles. The second-order valence-electron chi connectivity index (χ2n) is 5.85. The number of hydrogen-bond donors (Lipinski definition) is 2. The van der Waals surface area contributed by atoms with Crippen molar-refractivity contribution in [2.45, 2.75) is 37.6 Å². The maximum Gasteiger partial charge on any atom is 0.407 e. The lowest BCUT2D eigenvalue weighted by atomic mass is 9.63. The van der Waals surface area contributed by atoms with Crippen LogP contribution in [0.2, 0.25) is 0 Å². The van der Waals surface area contributed by atoms with Gasteiger partial charge >= 0.3 is 12.1 Å². The van der Waals surface area contributed by atoms with Gasteiger partial charge in [-0.3, -0.25) is 4.79 Å². The summed E-state index contributed by atoms with van der Waals surface area (Å²) < 4.78 is 32.1. The van der Waals surface area contributed by atoms with E-state index in [1.807, 2.05) is 0 Å². The number of nitrogens with one attached hydrogen (secondary N) is 1. The Morgan fingerprint density at radius 3 is 2.38 bits per heavy atom. The molecule has 0 heterocycles. The molecule has 0 aromatic rings. The maximum atomic E-state index is 13.7. The molecule has 5 nitrogen and oxygen atoms in total. The predicted molar refractivity (Wildman–Crippen MR) is 70.0 cm³/mol. The number of aliphatic carboxylic acids is 1. The monoisotopic (exact) mass is 303 g/mol. The van der Waals surface area contributed by atoms with Crippen LogP contribution in [0.5, 0.6) is 0 Å². The Kier molecular flexibility index (Phi) is 4.49. The fraction of sp³-hybridized carbons (Fsp3) is 0.714. The van der Waals surface area contributed by atoms with E-state index in [9.17, 15) is 18.4 Å². The van der Waals surface area contributed by atoms with Crippen molar-refractivity contribution in [3.63, 3.8) is 0 Å². The standard InChI is InChI=1S/C14H19F2NO4/c1-2-3-21-13(20)17-11-9-4-8(12(18)19)5-10(11)7-14(15,16)6-9/h2,8-11H,1,3-7H2,(H,17,20)(H,18,19). The van der Waals surface area contributed by atoms with E-state index >= 15 is 0 Å². The number of halogens is 2. The van der Waals surface area contributed by atoms with Crippen molar-refractivity contribution in [1.82, 2.24) is 5.32 Å². The van der Waals surface area contributed by atoms with E-state index in [1.165, 1.54) is 6.08 Å². The molecular weight excluding hydrogens is 284 g/mol. The molecule has 2 rings (SSSR count). The summed E-state index contributed by atoms with van der Waals surface area (Å²) >= 11 is 0. The molecule has 0 spiro atoms. The highest BCUT2D eigenvalue weighted by Gasteiger charge is 2.52. The first-order chi connectivity index (χ1) is 9.82. The van der Waals surface area contributed by atoms with Gasteiger partial charge in [0.05, 0.1) is 5.92 Å². The summed E-state index contributed by atoms with van der Waals surface area (Å²) in [5.41, 5.74) is 0. The zero-order valence-corrected chi connectivity index (χ0v) is 11.6. The highest BCUT2D eigenvalue weighted by atomic mass is 19.3. The summed E-state index contributed by atoms with van der Waals surface area (Å²) in [7, 11) is 0. The number of hydrogen-bond acceptors (Lipinski definition) is 3. The lowest BCUT2D eigenvalue weighted by molar-refractivity contribution is -0.151. The van der Waals surface area contributed by atoms with Crippen LogP contribution < -0.4 is 5.32 Å². The molecule has 0 aliphatic heterocycles. The van der Waals surface area contributed by atoms with Gasteiger partial charge in [0.1, 0.15) is 6.61 Å². The van der Waals surface area contributed by atoms with Crippen LogP contribution in [0.15, 0.2) is 12.7 Å². The zero-order valence-electron chi connectivity index (χ0n) is 11.6. The van der Waals surface area contributed by atoms with Crippen LogP contribution in [0, 0.1) is 17.8 Å². The summed E-state index contributed by atoms with van der Waals surface area (Å²) in [6.45, 7) is 3.46. The number of carboxylic acid groups (broad SMARTS) is 1. The Bertz CT molecular complexity index is 423. The summed E-state index contributed by atoms with van der Waals surface area (Å²) in [6.07, 6.45) is 0.283. The van der Waals surface area contributed by atoms with Gasteiger partial charge in [0.25, 0.3) is 0 Å². The average Bonchev–Trinajstić information content (AvgIpc) is 2.36. The molecule has 0 aromatic heterocycles. The van der Waals surface area contributed by atoms with Crippen molar-refractivity contribution in [2.75, 3.05) is 6.61 Å². The van der Waals surface area contributed by atoms with E-state index in [0.29, 0.717) is 0 Å². The zero-order chi connectivity index (χ0) is 15.6. The number of carboxylic acids is 1. The quantitative estimate of drug-likeness (QED) is 0.782. The van der Waals surface area contributed by atoms with E-state index < -0.39 is 41.8 Å². The van der Waals surface area contributed by atoms with Gasteiger partial charge in [-0.1, -0.05) is 12.7 Å². The van der Waals surface area contributed by atoms with Crippen molar-refractivity contribution in [3.05, 3.63) is 12.7 Å². The highest BCUT2D eigenvalue weighted by molar-refractivity contribution is 5.71. The van der Waals surface area contributed by atoms with E-state index in [1.54, 1.807) is 0 Å². The number of amides is 1. The van der Waals surface area contributed by atoms with Crippen LogP contribution in [0.4, 0.5) is 13.6 Å². The van der Waals surface area contributed by atoms with Gasteiger partial charge in [-0.25, -0.2) is 13.6 Å². The minimum absolute atomic E-state index is 0.0434. The SMILES string of the molecule is C=CCOC(=O)NC1C2CC(C(=O)O)CC1CC(F)(F)C2. The number of carbonyl (C=O) groups excluding carboxylic acids is 1. The third-order valence-corrected chi connectivity index (χ3v) is 4.28. The molecule has 21 heavy (non-hydrogen) atoms. The molecule has 2 unspecified atom stereocenters. The van der Waals surface area contributed by atoms with Gasteiger partial charge in [-0.05, 0) is 24.7 Å². The fourth-order valence-electron chi connectivity index (χ4n) is 3.53. The van der Waals surface area contributed by atoms with Crippen LogP contribution in [0.3, 0.4) is 0 Å². The molecule has 0 saturated heterocycles. The minimum Gasteiger partial charge on any atom is -0.481 e. The van der Waals surface area contributed by atoms with Crippen LogP contribution in [-0.4, -0.2) is 35.7 Å². The van der Waals surface area contributed by atoms with Crippen LogP contribution in [-0.2, 0) is 9.53 Å². The van der Waals surface area contributed by atoms with E-state index in [4.69, 9.17) is 9.84 Å². The Morgan fingerprint density at radius 2 is 1.90 bits per heavy atom. The number of carbonyl (C=O) groups is 2. The van der Waals surface area contributed by atoms with Crippen LogP contribution in [0.1, 0.15) is 25.7 Å². The third-order valence-electron chi connectivity index (χ3n) is 4.28. The molecule has 2 N–H and O–H groups in total. The van der Waals surface area contributed by atoms with Crippen molar-refractivity contribution >= 4 is 12.1 Å². The summed E-state index contributed by atoms with van der Waals surface area (Å²) in [5, 5.41) is 11.7. The molecule has 2 saturated carbocycles. The molecule has 2 aliphatic rings. The first-order valence-corrected chi connectivity index (χ1v) is 6.97. The Morgan fingerprint density at radius 1 is 1.33 bits per heavy atom. The van der Waals surface area contributed by atoms with E-state index in [-0.39, 0.29) is 32.3 Å². The van der Waals surface area contributed by atoms with Crippen molar-refractivity contribution < 1.29 is 28.2 Å². The number of ether oxygens (including phenoxy) is 1. The molecule has 2 bridgehead atoms. The van der Waals surface area contributed by atoms with Gasteiger partial charge in [-0.2, -0.15) is 0 Å². The molecule has 2 atom stereocenters. The lowest BCUT2D eigenvalue weighted by Gasteiger charge is -2.47. The maximum absolute atomic E-state index is 13.7. The van der Waals surface area contributed by atoms with Gasteiger partial charge in [0, 0.05) is 18.9 Å². The predicted octanol–water partition coefficient (Wildman–Crippen LogP) is 2.42. The lowest BCUT2D eigenvalue weighted by Crippen LogP contribution is -2.56. The van der Waals surface area contributed by atoms with E-state index in [2.05, 4.69) is 11.9 Å². The average molecular weight is 303 g/mol. The Hall–Kier alpha value is -1.66. The van der Waals surface area contributed by atoms with Gasteiger partial charge < -0.3 is 15.2 Å². The number of rotatable bonds is 4. The van der Waals surface area contributed by atoms with Crippen LogP contribution >= 0.6 is 0 Å². The van der Waals surface area contributed by atoms with E-state index in [0.717, 1.165) is 0 Å². The van der Waals surface area contributed by atoms with Crippen molar-refractivity contribution in [2.24, 2.45) is 17.8 Å². The first kappa shape index (κ1) is 15.7. The third kappa shape index (κ3) is 3.71. The fourth-order valence-corrected chi connectivity index (χ4v) is 3.53. The number of alkyl carbamates (subject to hydrolysis) is 1. The summed E-state index contributed by atoms with van der Waals surface area (Å²) in [6, 6.07) is -0.447. The van der Waals surface area contributed by atoms with Crippen molar-refractivity contribution in [1.29, 1.82) is 0 Å². The largest absolute Gasteiger partial charge is 0.481 e. The number of alkyl halides is 2. The normalized spacial score (nSPS) is 33.8. The summed E-state index contributed by atoms with van der Waals surface area (Å²) in [4.78, 5) is 22.7. The first-order valence-electron chi connectivity index (χ1n) is 6.97. The second kappa shape index (κ2) is 5.99. The molecule has 1 amide bonds. The summed E-state index contributed by atoms with van der Waals surface area (Å²) in [5.74, 6) is -5.43. The van der Waals surface area contributed by atoms with Crippen LogP contribution in [0.25, 0.3) is 0 Å². The Labute approximate surface area is 121 Å². The second-order valence-corrected chi connectivity index (χ2v) is 5.85.